The van der Waals surface area contributed by atoms with E-state index in [9.17, 15) is 0 Å². The first-order chi connectivity index (χ1) is 13.8. The molecule has 1 aromatic heterocycles. The summed E-state index contributed by atoms with van der Waals surface area (Å²) in [5, 5.41) is 4.18. The molecule has 6 heteroatoms. The van der Waals surface area contributed by atoms with Crippen molar-refractivity contribution in [2.45, 2.75) is 37.5 Å². The highest BCUT2D eigenvalue weighted by molar-refractivity contribution is 5.40. The molecule has 0 amide bonds. The van der Waals surface area contributed by atoms with Gasteiger partial charge in [0.15, 0.2) is 0 Å². The first kappa shape index (κ1) is 17.4. The minimum Gasteiger partial charge on any atom is -0.484 e. The minimum absolute atomic E-state index is 0.0266. The number of nitrogens with zero attached hydrogens (tertiary/aromatic N) is 4. The lowest BCUT2D eigenvalue weighted by atomic mass is 10.0. The number of likely N-dealkylation sites (tertiary alicyclic amines) is 1. The number of benzene rings is 2. The van der Waals surface area contributed by atoms with Crippen LogP contribution in [0.25, 0.3) is 5.69 Å². The highest BCUT2D eigenvalue weighted by Crippen LogP contribution is 2.38. The lowest BCUT2D eigenvalue weighted by molar-refractivity contribution is 0.0593. The Labute approximate surface area is 164 Å². The van der Waals surface area contributed by atoms with Crippen molar-refractivity contribution in [1.29, 1.82) is 0 Å². The summed E-state index contributed by atoms with van der Waals surface area (Å²) in [6.45, 7) is 2.04. The highest BCUT2D eigenvalue weighted by Gasteiger charge is 2.39. The van der Waals surface area contributed by atoms with Crippen LogP contribution < -0.4 is 10.5 Å². The van der Waals surface area contributed by atoms with E-state index in [-0.39, 0.29) is 12.1 Å². The fraction of sp³-hybridized carbons (Fsp3) is 0.364. The zero-order valence-electron chi connectivity index (χ0n) is 15.8. The van der Waals surface area contributed by atoms with Gasteiger partial charge < -0.3 is 10.5 Å². The van der Waals surface area contributed by atoms with Crippen molar-refractivity contribution < 1.29 is 4.74 Å². The first-order valence-corrected chi connectivity index (χ1v) is 9.97. The molecule has 0 saturated carbocycles. The van der Waals surface area contributed by atoms with Gasteiger partial charge in [-0.2, -0.15) is 5.10 Å². The van der Waals surface area contributed by atoms with Crippen LogP contribution in [-0.2, 0) is 6.42 Å². The van der Waals surface area contributed by atoms with Crippen molar-refractivity contribution >= 4 is 0 Å². The number of nitrogens with two attached hydrogens (primary N) is 1. The maximum atomic E-state index is 6.55. The van der Waals surface area contributed by atoms with Gasteiger partial charge in [0.1, 0.15) is 24.5 Å². The van der Waals surface area contributed by atoms with E-state index in [2.05, 4.69) is 39.2 Å². The highest BCUT2D eigenvalue weighted by atomic mass is 16.5. The molecule has 1 aliphatic carbocycles. The van der Waals surface area contributed by atoms with E-state index in [0.29, 0.717) is 6.04 Å². The van der Waals surface area contributed by atoms with Gasteiger partial charge in [-0.15, -0.1) is 0 Å². The molecule has 2 unspecified atom stereocenters. The third-order valence-electron chi connectivity index (χ3n) is 5.88. The molecule has 6 nitrogen and oxygen atoms in total. The van der Waals surface area contributed by atoms with Crippen molar-refractivity contribution in [3.63, 3.8) is 0 Å². The van der Waals surface area contributed by atoms with Crippen molar-refractivity contribution in [2.24, 2.45) is 5.73 Å². The Morgan fingerprint density at radius 1 is 1.07 bits per heavy atom. The molecule has 144 valence electrons. The van der Waals surface area contributed by atoms with Crippen molar-refractivity contribution in [1.82, 2.24) is 19.7 Å². The number of aromatic nitrogens is 3. The largest absolute Gasteiger partial charge is 0.484 e. The molecular weight excluding hydrogens is 350 g/mol. The maximum absolute atomic E-state index is 6.55. The molecule has 2 aromatic carbocycles. The summed E-state index contributed by atoms with van der Waals surface area (Å²) >= 11 is 0. The predicted molar refractivity (Wildman–Crippen MR) is 107 cm³/mol. The van der Waals surface area contributed by atoms with Gasteiger partial charge in [-0.3, -0.25) is 4.90 Å². The third kappa shape index (κ3) is 3.30. The monoisotopic (exact) mass is 375 g/mol. The van der Waals surface area contributed by atoms with E-state index >= 15 is 0 Å². The molecule has 1 saturated heterocycles. The molecule has 0 spiro atoms. The van der Waals surface area contributed by atoms with Crippen LogP contribution in [0.5, 0.6) is 5.75 Å². The summed E-state index contributed by atoms with van der Waals surface area (Å²) in [5.74, 6) is 0.872. The Bertz CT molecular complexity index is 924. The summed E-state index contributed by atoms with van der Waals surface area (Å²) < 4.78 is 8.29. The second kappa shape index (κ2) is 7.37. The average Bonchev–Trinajstić information content (AvgIpc) is 3.38. The Kier molecular flexibility index (Phi) is 4.58. The minimum atomic E-state index is 0.0266. The van der Waals surface area contributed by atoms with Gasteiger partial charge in [0, 0.05) is 12.6 Å². The van der Waals surface area contributed by atoms with E-state index in [0.717, 1.165) is 43.8 Å². The summed E-state index contributed by atoms with van der Waals surface area (Å²) in [7, 11) is 0. The van der Waals surface area contributed by atoms with Crippen LogP contribution in [0.2, 0.25) is 0 Å². The molecule has 2 heterocycles. The Morgan fingerprint density at radius 2 is 1.93 bits per heavy atom. The Balaban J connectivity index is 1.40. The predicted octanol–water partition coefficient (Wildman–Crippen LogP) is 2.74. The molecule has 3 atom stereocenters. The molecule has 0 radical (unpaired) electrons. The van der Waals surface area contributed by atoms with E-state index in [1.54, 1.807) is 11.0 Å². The first-order valence-electron chi connectivity index (χ1n) is 9.97. The van der Waals surface area contributed by atoms with E-state index in [1.165, 1.54) is 17.5 Å². The number of ether oxygens (including phenoxy) is 1. The number of hydrogen-bond donors (Lipinski definition) is 1. The number of piperidine rings is 1. The quantitative estimate of drug-likeness (QED) is 0.759. The van der Waals surface area contributed by atoms with Crippen LogP contribution in [0, 0.1) is 0 Å². The summed E-state index contributed by atoms with van der Waals surface area (Å²) in [4.78, 5) is 6.53. The van der Waals surface area contributed by atoms with Crippen molar-refractivity contribution in [2.75, 3.05) is 13.1 Å². The number of rotatable bonds is 4. The molecule has 1 fully saturated rings. The molecule has 2 aliphatic rings. The van der Waals surface area contributed by atoms with Crippen LogP contribution in [0.1, 0.15) is 30.1 Å². The zero-order chi connectivity index (χ0) is 18.9. The van der Waals surface area contributed by atoms with Gasteiger partial charge in [0.05, 0.1) is 11.7 Å². The van der Waals surface area contributed by atoms with Crippen molar-refractivity contribution in [3.05, 3.63) is 72.3 Å². The molecule has 28 heavy (non-hydrogen) atoms. The fourth-order valence-electron chi connectivity index (χ4n) is 4.51. The lowest BCUT2D eigenvalue weighted by Crippen LogP contribution is -2.49. The van der Waals surface area contributed by atoms with Gasteiger partial charge in [-0.1, -0.05) is 24.3 Å². The SMILES string of the molecule is N[C@@H]1CCCN(C2Cc3ccccc3C2Oc2ccc(-n3cncn3)cc2)C1. The molecule has 5 rings (SSSR count). The molecule has 3 aromatic rings. The fourth-order valence-corrected chi connectivity index (χ4v) is 4.51. The molecular formula is C22H25N5O. The Morgan fingerprint density at radius 3 is 2.71 bits per heavy atom. The Hall–Kier alpha value is -2.70. The average molecular weight is 375 g/mol. The number of fused-ring (bicyclic) bond motifs is 1. The second-order valence-corrected chi connectivity index (χ2v) is 7.74. The normalized spacial score (nSPS) is 24.8. The van der Waals surface area contributed by atoms with Crippen LogP contribution in [0.15, 0.2) is 61.2 Å². The standard InChI is InChI=1S/C22H25N5O/c23-17-5-3-11-26(13-17)21-12-16-4-1-2-6-20(16)22(21)28-19-9-7-18(8-10-19)27-15-24-14-25-27/h1-2,4,6-10,14-15,17,21-22H,3,5,11-13,23H2/t17-,21?,22?/m1/s1. The molecule has 0 bridgehead atoms. The van der Waals surface area contributed by atoms with Gasteiger partial charge in [0.2, 0.25) is 0 Å². The van der Waals surface area contributed by atoms with E-state index < -0.39 is 0 Å². The van der Waals surface area contributed by atoms with Gasteiger partial charge in [0.25, 0.3) is 0 Å². The molecule has 2 N–H and O–H groups in total. The van der Waals surface area contributed by atoms with Crippen molar-refractivity contribution in [3.8, 4) is 11.4 Å². The van der Waals surface area contributed by atoms with E-state index in [4.69, 9.17) is 10.5 Å². The topological polar surface area (TPSA) is 69.2 Å². The second-order valence-electron chi connectivity index (χ2n) is 7.74. The van der Waals surface area contributed by atoms with Crippen LogP contribution in [-0.4, -0.2) is 44.8 Å². The maximum Gasteiger partial charge on any atom is 0.140 e. The van der Waals surface area contributed by atoms with Crippen LogP contribution in [0.4, 0.5) is 0 Å². The zero-order valence-corrected chi connectivity index (χ0v) is 15.8. The van der Waals surface area contributed by atoms with Gasteiger partial charge in [-0.25, -0.2) is 9.67 Å². The third-order valence-corrected chi connectivity index (χ3v) is 5.88. The van der Waals surface area contributed by atoms with E-state index in [1.807, 2.05) is 24.3 Å². The van der Waals surface area contributed by atoms with Crippen LogP contribution >= 0.6 is 0 Å². The molecule has 1 aliphatic heterocycles. The summed E-state index contributed by atoms with van der Waals surface area (Å²) in [5.41, 5.74) is 9.91. The van der Waals surface area contributed by atoms with Gasteiger partial charge in [-0.05, 0) is 61.2 Å². The summed E-state index contributed by atoms with van der Waals surface area (Å²) in [6.07, 6.45) is 6.55. The number of hydrogen-bond acceptors (Lipinski definition) is 5. The van der Waals surface area contributed by atoms with Gasteiger partial charge >= 0.3 is 0 Å². The summed E-state index contributed by atoms with van der Waals surface area (Å²) in [6, 6.07) is 17.3. The lowest BCUT2D eigenvalue weighted by Gasteiger charge is -2.38. The smallest absolute Gasteiger partial charge is 0.140 e. The van der Waals surface area contributed by atoms with Crippen LogP contribution in [0.3, 0.4) is 0 Å².